The van der Waals surface area contributed by atoms with Crippen molar-refractivity contribution in [3.63, 3.8) is 0 Å². The largest absolute Gasteiger partial charge is 0.508 e. The monoisotopic (exact) mass is 339 g/mol. The number of benzene rings is 2. The molecule has 0 aromatic heterocycles. The molecule has 0 saturated heterocycles. The van der Waals surface area contributed by atoms with Crippen molar-refractivity contribution >= 4 is 5.91 Å². The second-order valence-corrected chi connectivity index (χ2v) is 6.79. The van der Waals surface area contributed by atoms with Crippen molar-refractivity contribution < 1.29 is 15.0 Å². The Hall–Kier alpha value is -2.33. The van der Waals surface area contributed by atoms with Crippen LogP contribution in [0.25, 0.3) is 0 Å². The van der Waals surface area contributed by atoms with Gasteiger partial charge in [-0.1, -0.05) is 48.5 Å². The van der Waals surface area contributed by atoms with Crippen LogP contribution >= 0.6 is 0 Å². The van der Waals surface area contributed by atoms with Crippen molar-refractivity contribution in [2.75, 3.05) is 0 Å². The fraction of sp³-hybridized carbons (Fsp3) is 0.381. The fourth-order valence-electron chi connectivity index (χ4n) is 3.59. The highest BCUT2D eigenvalue weighted by Gasteiger charge is 2.36. The van der Waals surface area contributed by atoms with Crippen molar-refractivity contribution in [2.24, 2.45) is 5.92 Å². The van der Waals surface area contributed by atoms with Gasteiger partial charge in [0.2, 0.25) is 5.91 Å². The number of carbonyl (C=O) groups is 1. The first-order chi connectivity index (χ1) is 12.1. The lowest BCUT2D eigenvalue weighted by atomic mass is 9.99. The summed E-state index contributed by atoms with van der Waals surface area (Å²) in [5.41, 5.74) is 1.75. The molecule has 1 saturated carbocycles. The summed E-state index contributed by atoms with van der Waals surface area (Å²) in [4.78, 5) is 15.0. The van der Waals surface area contributed by atoms with Gasteiger partial charge in [0.25, 0.3) is 0 Å². The van der Waals surface area contributed by atoms with Gasteiger partial charge in [-0.3, -0.25) is 4.79 Å². The maximum Gasteiger partial charge on any atom is 0.229 e. The summed E-state index contributed by atoms with van der Waals surface area (Å²) in [5.74, 6) is -0.200. The maximum absolute atomic E-state index is 13.2. The van der Waals surface area contributed by atoms with Crippen LogP contribution in [0, 0.1) is 5.92 Å². The Morgan fingerprint density at radius 1 is 1.12 bits per heavy atom. The first-order valence-corrected chi connectivity index (χ1v) is 8.88. The van der Waals surface area contributed by atoms with Gasteiger partial charge < -0.3 is 15.1 Å². The minimum Gasteiger partial charge on any atom is -0.508 e. The zero-order valence-corrected chi connectivity index (χ0v) is 14.5. The summed E-state index contributed by atoms with van der Waals surface area (Å²) in [6.07, 6.45) is 1.71. The molecule has 3 unspecified atom stereocenters. The molecule has 25 heavy (non-hydrogen) atoms. The zero-order chi connectivity index (χ0) is 17.8. The van der Waals surface area contributed by atoms with Crippen LogP contribution in [-0.2, 0) is 11.3 Å². The summed E-state index contributed by atoms with van der Waals surface area (Å²) in [6, 6.07) is 16.8. The third-order valence-corrected chi connectivity index (χ3v) is 5.16. The Bertz CT molecular complexity index is 716. The number of carbonyl (C=O) groups excluding carboxylic acids is 1. The average molecular weight is 339 g/mol. The number of aliphatic hydroxyl groups excluding tert-OH is 1. The molecule has 2 N–H and O–H groups in total. The number of para-hydroxylation sites is 1. The van der Waals surface area contributed by atoms with E-state index < -0.39 is 6.10 Å². The van der Waals surface area contributed by atoms with Crippen LogP contribution in [0.3, 0.4) is 0 Å². The van der Waals surface area contributed by atoms with E-state index in [4.69, 9.17) is 0 Å². The predicted octanol–water partition coefficient (Wildman–Crippen LogP) is 3.64. The van der Waals surface area contributed by atoms with E-state index in [1.165, 1.54) is 0 Å². The van der Waals surface area contributed by atoms with Crippen LogP contribution in [0.4, 0.5) is 0 Å². The van der Waals surface area contributed by atoms with Crippen LogP contribution in [0.2, 0.25) is 0 Å². The van der Waals surface area contributed by atoms with Gasteiger partial charge in [0.1, 0.15) is 5.75 Å². The quantitative estimate of drug-likeness (QED) is 0.874. The van der Waals surface area contributed by atoms with Crippen molar-refractivity contribution in [2.45, 2.75) is 44.9 Å². The first-order valence-electron chi connectivity index (χ1n) is 8.88. The number of nitrogens with zero attached hydrogens (tertiary/aromatic N) is 1. The molecule has 1 aliphatic rings. The van der Waals surface area contributed by atoms with E-state index in [2.05, 4.69) is 0 Å². The Balaban J connectivity index is 1.90. The molecule has 0 aliphatic heterocycles. The fourth-order valence-corrected chi connectivity index (χ4v) is 3.59. The SMILES string of the molecule is CC(c1ccccc1)N(Cc1ccccc1O)C(=O)C1CCCC1O. The van der Waals surface area contributed by atoms with E-state index in [9.17, 15) is 15.0 Å². The molecule has 2 aromatic rings. The maximum atomic E-state index is 13.2. The zero-order valence-electron chi connectivity index (χ0n) is 14.5. The van der Waals surface area contributed by atoms with E-state index >= 15 is 0 Å². The van der Waals surface area contributed by atoms with Gasteiger partial charge in [0, 0.05) is 12.1 Å². The third kappa shape index (κ3) is 3.85. The molecule has 1 aliphatic carbocycles. The number of hydrogen-bond donors (Lipinski definition) is 2. The molecule has 2 aromatic carbocycles. The molecule has 3 atom stereocenters. The van der Waals surface area contributed by atoms with Crippen LogP contribution in [0.1, 0.15) is 43.4 Å². The minimum atomic E-state index is -0.567. The molecular weight excluding hydrogens is 314 g/mol. The van der Waals surface area contributed by atoms with Gasteiger partial charge >= 0.3 is 0 Å². The summed E-state index contributed by atoms with van der Waals surface area (Å²) < 4.78 is 0. The van der Waals surface area contributed by atoms with E-state index in [1.54, 1.807) is 17.0 Å². The second kappa shape index (κ2) is 7.70. The number of aromatic hydroxyl groups is 1. The van der Waals surface area contributed by atoms with Gasteiger partial charge in [-0.05, 0) is 37.8 Å². The highest BCUT2D eigenvalue weighted by atomic mass is 16.3. The molecule has 0 bridgehead atoms. The van der Waals surface area contributed by atoms with E-state index in [1.807, 2.05) is 49.4 Å². The minimum absolute atomic E-state index is 0.0374. The topological polar surface area (TPSA) is 60.8 Å². The third-order valence-electron chi connectivity index (χ3n) is 5.16. The lowest BCUT2D eigenvalue weighted by Crippen LogP contribution is -2.40. The van der Waals surface area contributed by atoms with Crippen LogP contribution in [-0.4, -0.2) is 27.1 Å². The van der Waals surface area contributed by atoms with Crippen LogP contribution in [0.5, 0.6) is 5.75 Å². The molecule has 4 heteroatoms. The molecule has 4 nitrogen and oxygen atoms in total. The number of phenolic OH excluding ortho intramolecular Hbond substituents is 1. The lowest BCUT2D eigenvalue weighted by molar-refractivity contribution is -0.141. The first kappa shape index (κ1) is 17.5. The standard InChI is InChI=1S/C21H25NO3/c1-15(16-8-3-2-4-9-16)22(14-17-10-5-6-12-19(17)23)21(25)18-11-7-13-20(18)24/h2-6,8-10,12,15,18,20,23-24H,7,11,13-14H2,1H3. The van der Waals surface area contributed by atoms with Crippen LogP contribution in [0.15, 0.2) is 54.6 Å². The average Bonchev–Trinajstić information content (AvgIpc) is 3.07. The highest BCUT2D eigenvalue weighted by molar-refractivity contribution is 5.80. The van der Waals surface area contributed by atoms with Crippen molar-refractivity contribution in [3.8, 4) is 5.75 Å². The Morgan fingerprint density at radius 3 is 2.44 bits per heavy atom. The molecule has 1 fully saturated rings. The second-order valence-electron chi connectivity index (χ2n) is 6.79. The smallest absolute Gasteiger partial charge is 0.229 e. The Morgan fingerprint density at radius 2 is 1.80 bits per heavy atom. The summed E-state index contributed by atoms with van der Waals surface area (Å²) in [7, 11) is 0. The van der Waals surface area contributed by atoms with Gasteiger partial charge in [0.15, 0.2) is 0 Å². The molecular formula is C21H25NO3. The molecule has 1 amide bonds. The molecule has 0 heterocycles. The lowest BCUT2D eigenvalue weighted by Gasteiger charge is -2.33. The summed E-state index contributed by atoms with van der Waals surface area (Å²) >= 11 is 0. The number of hydrogen-bond acceptors (Lipinski definition) is 3. The Kier molecular flexibility index (Phi) is 5.39. The predicted molar refractivity (Wildman–Crippen MR) is 96.9 cm³/mol. The molecule has 0 spiro atoms. The highest BCUT2D eigenvalue weighted by Crippen LogP contribution is 2.32. The normalized spacial score (nSPS) is 21.0. The Labute approximate surface area is 148 Å². The van der Waals surface area contributed by atoms with E-state index in [0.29, 0.717) is 18.5 Å². The van der Waals surface area contributed by atoms with Crippen LogP contribution < -0.4 is 0 Å². The van der Waals surface area contributed by atoms with E-state index in [-0.39, 0.29) is 23.6 Å². The molecule has 0 radical (unpaired) electrons. The van der Waals surface area contributed by atoms with Crippen molar-refractivity contribution in [3.05, 3.63) is 65.7 Å². The number of aliphatic hydroxyl groups is 1. The van der Waals surface area contributed by atoms with E-state index in [0.717, 1.165) is 18.4 Å². The van der Waals surface area contributed by atoms with Gasteiger partial charge in [0.05, 0.1) is 18.1 Å². The van der Waals surface area contributed by atoms with Crippen molar-refractivity contribution in [1.29, 1.82) is 0 Å². The van der Waals surface area contributed by atoms with Gasteiger partial charge in [-0.25, -0.2) is 0 Å². The number of rotatable bonds is 5. The van der Waals surface area contributed by atoms with Gasteiger partial charge in [-0.2, -0.15) is 0 Å². The number of amides is 1. The molecule has 132 valence electrons. The number of phenols is 1. The summed E-state index contributed by atoms with van der Waals surface area (Å²) in [6.45, 7) is 2.32. The van der Waals surface area contributed by atoms with Gasteiger partial charge in [-0.15, -0.1) is 0 Å². The molecule has 3 rings (SSSR count). The summed E-state index contributed by atoms with van der Waals surface area (Å²) in [5, 5.41) is 20.3. The van der Waals surface area contributed by atoms with Crippen molar-refractivity contribution in [1.82, 2.24) is 4.90 Å².